The predicted octanol–water partition coefficient (Wildman–Crippen LogP) is 1.23. The lowest BCUT2D eigenvalue weighted by Gasteiger charge is -2.06. The molecule has 1 aromatic rings. The minimum Gasteiger partial charge on any atom is -0.480 e. The van der Waals surface area contributed by atoms with Gasteiger partial charge >= 0.3 is 5.97 Å². The highest BCUT2D eigenvalue weighted by atomic mass is 16.4. The molecule has 0 heterocycles. The molecule has 1 rings (SSSR count). The van der Waals surface area contributed by atoms with Crippen LogP contribution in [0.3, 0.4) is 0 Å². The topological polar surface area (TPSA) is 80.4 Å². The first-order valence-corrected chi connectivity index (χ1v) is 5.17. The number of carboxylic acids is 1. The first-order valence-electron chi connectivity index (χ1n) is 5.17. The quantitative estimate of drug-likeness (QED) is 0.579. The van der Waals surface area contributed by atoms with Crippen molar-refractivity contribution in [1.29, 1.82) is 0 Å². The molecule has 4 nitrogen and oxygen atoms in total. The van der Waals surface area contributed by atoms with E-state index in [9.17, 15) is 9.59 Å². The number of aryl methyl sites for hydroxylation is 1. The molecule has 4 heteroatoms. The smallest absolute Gasteiger partial charge is 0.328 e. The second-order valence-electron chi connectivity index (χ2n) is 3.63. The molecule has 16 heavy (non-hydrogen) atoms. The van der Waals surface area contributed by atoms with Crippen LogP contribution in [0.2, 0.25) is 0 Å². The van der Waals surface area contributed by atoms with Crippen molar-refractivity contribution in [2.24, 2.45) is 5.73 Å². The zero-order valence-corrected chi connectivity index (χ0v) is 9.14. The Hall–Kier alpha value is -1.68. The second-order valence-corrected chi connectivity index (χ2v) is 3.63. The van der Waals surface area contributed by atoms with Gasteiger partial charge in [-0.05, 0) is 12.0 Å². The Morgan fingerprint density at radius 1 is 1.31 bits per heavy atom. The van der Waals surface area contributed by atoms with Crippen molar-refractivity contribution < 1.29 is 14.7 Å². The summed E-state index contributed by atoms with van der Waals surface area (Å²) in [5.41, 5.74) is 6.71. The SMILES string of the molecule is CCCc1ccc(C(=O)C(N)C(=O)O)cc1. The highest BCUT2D eigenvalue weighted by Crippen LogP contribution is 2.08. The van der Waals surface area contributed by atoms with Gasteiger partial charge in [0.25, 0.3) is 0 Å². The summed E-state index contributed by atoms with van der Waals surface area (Å²) < 4.78 is 0. The summed E-state index contributed by atoms with van der Waals surface area (Å²) in [5, 5.41) is 8.61. The van der Waals surface area contributed by atoms with Crippen LogP contribution in [0.15, 0.2) is 24.3 Å². The highest BCUT2D eigenvalue weighted by Gasteiger charge is 2.22. The Kier molecular flexibility index (Phi) is 4.19. The summed E-state index contributed by atoms with van der Waals surface area (Å²) in [7, 11) is 0. The van der Waals surface area contributed by atoms with E-state index in [1.807, 2.05) is 12.1 Å². The fourth-order valence-electron chi connectivity index (χ4n) is 1.42. The molecule has 0 amide bonds. The Bertz CT molecular complexity index is 384. The van der Waals surface area contributed by atoms with Crippen LogP contribution in [0.25, 0.3) is 0 Å². The summed E-state index contributed by atoms with van der Waals surface area (Å²) >= 11 is 0. The van der Waals surface area contributed by atoms with Gasteiger partial charge in [0.15, 0.2) is 11.8 Å². The number of carboxylic acid groups (broad SMARTS) is 1. The number of Topliss-reactive ketones (excluding diaryl/α,β-unsaturated/α-hetero) is 1. The van der Waals surface area contributed by atoms with Crippen molar-refractivity contribution in [3.63, 3.8) is 0 Å². The Balaban J connectivity index is 2.81. The van der Waals surface area contributed by atoms with E-state index in [0.29, 0.717) is 5.56 Å². The van der Waals surface area contributed by atoms with E-state index in [0.717, 1.165) is 18.4 Å². The van der Waals surface area contributed by atoms with E-state index < -0.39 is 17.8 Å². The third kappa shape index (κ3) is 2.90. The lowest BCUT2D eigenvalue weighted by Crippen LogP contribution is -2.38. The van der Waals surface area contributed by atoms with Crippen molar-refractivity contribution >= 4 is 11.8 Å². The number of carbonyl (C=O) groups is 2. The molecular formula is C12H15NO3. The third-order valence-corrected chi connectivity index (χ3v) is 2.33. The highest BCUT2D eigenvalue weighted by molar-refractivity contribution is 6.11. The maximum atomic E-state index is 11.5. The lowest BCUT2D eigenvalue weighted by atomic mass is 10.0. The molecule has 1 aromatic carbocycles. The largest absolute Gasteiger partial charge is 0.480 e. The molecule has 0 saturated carbocycles. The predicted molar refractivity (Wildman–Crippen MR) is 60.4 cm³/mol. The van der Waals surface area contributed by atoms with Gasteiger partial charge in [-0.3, -0.25) is 9.59 Å². The Morgan fingerprint density at radius 3 is 2.31 bits per heavy atom. The summed E-state index contributed by atoms with van der Waals surface area (Å²) in [6.07, 6.45) is 1.97. The molecule has 0 aromatic heterocycles. The second kappa shape index (κ2) is 5.42. The molecule has 0 fully saturated rings. The van der Waals surface area contributed by atoms with Gasteiger partial charge in [0, 0.05) is 5.56 Å². The lowest BCUT2D eigenvalue weighted by molar-refractivity contribution is -0.137. The van der Waals surface area contributed by atoms with Crippen LogP contribution in [0, 0.1) is 0 Å². The number of aliphatic carboxylic acids is 1. The van der Waals surface area contributed by atoms with Gasteiger partial charge in [-0.25, -0.2) is 0 Å². The Morgan fingerprint density at radius 2 is 1.88 bits per heavy atom. The van der Waals surface area contributed by atoms with Crippen LogP contribution in [0.5, 0.6) is 0 Å². The fourth-order valence-corrected chi connectivity index (χ4v) is 1.42. The average Bonchev–Trinajstić information content (AvgIpc) is 2.28. The molecule has 1 atom stereocenters. The third-order valence-electron chi connectivity index (χ3n) is 2.33. The molecule has 1 unspecified atom stereocenters. The van der Waals surface area contributed by atoms with Crippen molar-refractivity contribution in [2.45, 2.75) is 25.8 Å². The summed E-state index contributed by atoms with van der Waals surface area (Å²) in [6, 6.07) is 5.42. The maximum Gasteiger partial charge on any atom is 0.328 e. The zero-order valence-electron chi connectivity index (χ0n) is 9.14. The van der Waals surface area contributed by atoms with Crippen molar-refractivity contribution in [2.75, 3.05) is 0 Å². The van der Waals surface area contributed by atoms with E-state index in [4.69, 9.17) is 10.8 Å². The van der Waals surface area contributed by atoms with E-state index in [-0.39, 0.29) is 0 Å². The molecule has 0 radical (unpaired) electrons. The monoisotopic (exact) mass is 221 g/mol. The molecule has 0 aliphatic carbocycles. The number of ketones is 1. The van der Waals surface area contributed by atoms with Gasteiger partial charge in [-0.1, -0.05) is 37.6 Å². The maximum absolute atomic E-state index is 11.5. The first kappa shape index (κ1) is 12.4. The fraction of sp³-hybridized carbons (Fsp3) is 0.333. The van der Waals surface area contributed by atoms with Crippen molar-refractivity contribution in [3.8, 4) is 0 Å². The minimum atomic E-state index is -1.47. The number of hydrogen-bond donors (Lipinski definition) is 2. The van der Waals surface area contributed by atoms with Crippen molar-refractivity contribution in [3.05, 3.63) is 35.4 Å². The van der Waals surface area contributed by atoms with Crippen LogP contribution < -0.4 is 5.73 Å². The summed E-state index contributed by atoms with van der Waals surface area (Å²) in [4.78, 5) is 22.1. The van der Waals surface area contributed by atoms with E-state index in [1.165, 1.54) is 0 Å². The van der Waals surface area contributed by atoms with Crippen LogP contribution in [-0.4, -0.2) is 22.9 Å². The molecule has 0 spiro atoms. The van der Waals surface area contributed by atoms with E-state index in [2.05, 4.69) is 6.92 Å². The van der Waals surface area contributed by atoms with Crippen molar-refractivity contribution in [1.82, 2.24) is 0 Å². The molecule has 0 saturated heterocycles. The number of carbonyl (C=O) groups excluding carboxylic acids is 1. The van der Waals surface area contributed by atoms with Gasteiger partial charge in [0.2, 0.25) is 0 Å². The van der Waals surface area contributed by atoms with E-state index in [1.54, 1.807) is 12.1 Å². The number of benzene rings is 1. The van der Waals surface area contributed by atoms with Crippen LogP contribution >= 0.6 is 0 Å². The number of rotatable bonds is 5. The molecule has 0 aliphatic rings. The summed E-state index contributed by atoms with van der Waals surface area (Å²) in [5.74, 6) is -1.86. The molecule has 0 bridgehead atoms. The number of hydrogen-bond acceptors (Lipinski definition) is 3. The minimum absolute atomic E-state index is 0.342. The average molecular weight is 221 g/mol. The molecule has 3 N–H and O–H groups in total. The van der Waals surface area contributed by atoms with Crippen LogP contribution in [0.4, 0.5) is 0 Å². The summed E-state index contributed by atoms with van der Waals surface area (Å²) in [6.45, 7) is 2.07. The van der Waals surface area contributed by atoms with Gasteiger partial charge in [0.05, 0.1) is 0 Å². The van der Waals surface area contributed by atoms with Gasteiger partial charge in [-0.15, -0.1) is 0 Å². The van der Waals surface area contributed by atoms with Crippen LogP contribution in [-0.2, 0) is 11.2 Å². The standard InChI is InChI=1S/C12H15NO3/c1-2-3-8-4-6-9(7-5-8)11(14)10(13)12(15)16/h4-7,10H,2-3,13H2,1H3,(H,15,16). The van der Waals surface area contributed by atoms with E-state index >= 15 is 0 Å². The van der Waals surface area contributed by atoms with Gasteiger partial charge in [-0.2, -0.15) is 0 Å². The van der Waals surface area contributed by atoms with Crippen LogP contribution in [0.1, 0.15) is 29.3 Å². The van der Waals surface area contributed by atoms with Gasteiger partial charge in [0.1, 0.15) is 0 Å². The zero-order chi connectivity index (χ0) is 12.1. The van der Waals surface area contributed by atoms with Gasteiger partial charge < -0.3 is 10.8 Å². The number of nitrogens with two attached hydrogens (primary N) is 1. The normalized spacial score (nSPS) is 12.1. The molecule has 86 valence electrons. The first-order chi connectivity index (χ1) is 7.56. The Labute approximate surface area is 94.1 Å². The molecular weight excluding hydrogens is 206 g/mol. The molecule has 0 aliphatic heterocycles.